The lowest BCUT2D eigenvalue weighted by atomic mass is 10.4. The molecule has 5 rings (SSSR count). The van der Waals surface area contributed by atoms with Gasteiger partial charge in [-0.15, -0.1) is 0 Å². The molecule has 38 heavy (non-hydrogen) atoms. The Kier molecular flexibility index (Phi) is 7.51. The first-order chi connectivity index (χ1) is 18.4. The van der Waals surface area contributed by atoms with Crippen LogP contribution in [0.4, 0.5) is 0 Å². The van der Waals surface area contributed by atoms with Gasteiger partial charge in [-0.2, -0.15) is 0 Å². The Morgan fingerprint density at radius 3 is 0.842 bits per heavy atom. The molecule has 0 aliphatic carbocycles. The van der Waals surface area contributed by atoms with Crippen LogP contribution in [0.5, 0.6) is 0 Å². The van der Waals surface area contributed by atoms with Crippen LogP contribution in [0.2, 0.25) is 0 Å². The largest absolute Gasteiger partial charge is 0.421 e. The van der Waals surface area contributed by atoms with Crippen molar-refractivity contribution in [2.75, 3.05) is 0 Å². The van der Waals surface area contributed by atoms with Crippen LogP contribution in [0, 0.1) is 0 Å². The van der Waals surface area contributed by atoms with E-state index in [1.165, 1.54) is 11.6 Å². The molecule has 0 saturated carbocycles. The fourth-order valence-corrected chi connectivity index (χ4v) is 19.6. The topological polar surface area (TPSA) is 71.1 Å². The molecule has 1 heterocycles. The Hall–Kier alpha value is -2.91. The molecule has 0 atom stereocenters. The van der Waals surface area contributed by atoms with E-state index in [2.05, 4.69) is 13.2 Å². The fraction of sp³-hybridized carbons (Fsp3) is 0. The van der Waals surface area contributed by atoms with Crippen LogP contribution in [0.15, 0.2) is 146 Å². The lowest BCUT2D eigenvalue weighted by Gasteiger charge is -2.43. The quantitative estimate of drug-likeness (QED) is 0.231. The highest BCUT2D eigenvalue weighted by Gasteiger charge is 2.61. The predicted octanol–water partition coefficient (Wildman–Crippen LogP) is 5.25. The molecule has 0 radical (unpaired) electrons. The van der Waals surface area contributed by atoms with Gasteiger partial charge in [-0.3, -0.25) is 9.13 Å². The van der Waals surface area contributed by atoms with E-state index in [9.17, 15) is 9.13 Å². The van der Waals surface area contributed by atoms with E-state index in [1.807, 2.05) is 72.8 Å². The third-order valence-electron chi connectivity index (χ3n) is 6.09. The van der Waals surface area contributed by atoms with E-state index >= 15 is 0 Å². The zero-order chi connectivity index (χ0) is 26.7. The average molecular weight is 577 g/mol. The molecule has 0 unspecified atom stereocenters. The van der Waals surface area contributed by atoms with Crippen LogP contribution < -0.4 is 20.7 Å². The van der Waals surface area contributed by atoms with Gasteiger partial charge in [-0.1, -0.05) is 134 Å². The fourth-order valence-electron chi connectivity index (χ4n) is 4.32. The molecular weight excluding hydrogens is 550 g/mol. The summed E-state index contributed by atoms with van der Waals surface area (Å²) in [5, 5.41) is 2.32. The van der Waals surface area contributed by atoms with E-state index < -0.39 is 32.3 Å². The van der Waals surface area contributed by atoms with Gasteiger partial charge in [-0.05, 0) is 20.7 Å². The van der Waals surface area contributed by atoms with Gasteiger partial charge in [-0.25, -0.2) is 0 Å². The first-order valence-corrected chi connectivity index (χ1v) is 18.7. The molecule has 1 aliphatic rings. The SMILES string of the molecule is C=CP1(=O)O[Si](c2ccccc2)(c2ccccc2)OP(=O)(C=C)O[Si](c2ccccc2)(c2ccccc2)O1. The van der Waals surface area contributed by atoms with Crippen molar-refractivity contribution in [1.82, 2.24) is 0 Å². The smallest absolute Gasteiger partial charge is 0.312 e. The van der Waals surface area contributed by atoms with E-state index in [1.54, 1.807) is 48.5 Å². The predicted molar refractivity (Wildman–Crippen MR) is 156 cm³/mol. The Morgan fingerprint density at radius 2 is 0.658 bits per heavy atom. The van der Waals surface area contributed by atoms with E-state index in [-0.39, 0.29) is 0 Å². The van der Waals surface area contributed by atoms with Crippen molar-refractivity contribution < 1.29 is 26.0 Å². The van der Waals surface area contributed by atoms with Gasteiger partial charge in [0.15, 0.2) is 0 Å². The third-order valence-corrected chi connectivity index (χ3v) is 19.5. The molecule has 4 aromatic rings. The summed E-state index contributed by atoms with van der Waals surface area (Å²) >= 11 is 0. The second-order valence-electron chi connectivity index (χ2n) is 8.51. The Bertz CT molecular complexity index is 1300. The van der Waals surface area contributed by atoms with Crippen molar-refractivity contribution in [2.24, 2.45) is 0 Å². The Morgan fingerprint density at radius 1 is 0.447 bits per heavy atom. The lowest BCUT2D eigenvalue weighted by Crippen LogP contribution is -2.67. The number of hydrogen-bond donors (Lipinski definition) is 0. The summed E-state index contributed by atoms with van der Waals surface area (Å²) < 4.78 is 55.5. The molecule has 0 aromatic heterocycles. The first-order valence-electron chi connectivity index (χ1n) is 11.9. The second kappa shape index (κ2) is 10.7. The summed E-state index contributed by atoms with van der Waals surface area (Å²) in [4.78, 5) is 0. The van der Waals surface area contributed by atoms with Crippen LogP contribution in [0.25, 0.3) is 0 Å². The molecule has 0 bridgehead atoms. The lowest BCUT2D eigenvalue weighted by molar-refractivity contribution is 0.284. The maximum Gasteiger partial charge on any atom is 0.421 e. The van der Waals surface area contributed by atoms with Crippen LogP contribution in [-0.2, 0) is 26.0 Å². The van der Waals surface area contributed by atoms with Gasteiger partial charge in [0.2, 0.25) is 0 Å². The summed E-state index contributed by atoms with van der Waals surface area (Å²) in [6.45, 7) is 7.64. The standard InChI is InChI=1S/C28H26O6P2Si2/c1-3-35(29)31-37(25-17-9-5-10-18-25,26-19-11-6-12-20-26)33-36(30,4-2)34-38(32-35,27-21-13-7-14-22-27)28-23-15-8-16-24-28/h3-24H,1-2H2. The minimum atomic E-state index is -4.16. The highest BCUT2D eigenvalue weighted by atomic mass is 31.2. The van der Waals surface area contributed by atoms with E-state index in [0.717, 1.165) is 0 Å². The first kappa shape index (κ1) is 26.7. The maximum atomic E-state index is 14.6. The zero-order valence-corrected chi connectivity index (χ0v) is 24.2. The Balaban J connectivity index is 1.81. The van der Waals surface area contributed by atoms with Gasteiger partial charge in [0, 0.05) is 11.6 Å². The normalized spacial score (nSPS) is 24.4. The van der Waals surface area contributed by atoms with Crippen molar-refractivity contribution in [3.05, 3.63) is 146 Å². The average Bonchev–Trinajstić information content (AvgIpc) is 2.97. The van der Waals surface area contributed by atoms with Gasteiger partial charge < -0.3 is 16.9 Å². The number of benzene rings is 4. The highest BCUT2D eigenvalue weighted by Crippen LogP contribution is 2.63. The number of hydrogen-bond acceptors (Lipinski definition) is 6. The Labute approximate surface area is 224 Å². The minimum absolute atomic E-state index is 0.580. The zero-order valence-electron chi connectivity index (χ0n) is 20.5. The third kappa shape index (κ3) is 4.94. The molecule has 1 aliphatic heterocycles. The summed E-state index contributed by atoms with van der Waals surface area (Å²) in [5.74, 6) is 2.34. The van der Waals surface area contributed by atoms with Crippen molar-refractivity contribution in [2.45, 2.75) is 0 Å². The van der Waals surface area contributed by atoms with Crippen molar-refractivity contribution >= 4 is 53.1 Å². The molecule has 1 saturated heterocycles. The van der Waals surface area contributed by atoms with Crippen LogP contribution in [-0.4, -0.2) is 17.1 Å². The molecule has 0 spiro atoms. The summed E-state index contributed by atoms with van der Waals surface area (Å²) in [5.41, 5.74) is 0. The maximum absolute atomic E-state index is 14.6. The minimum Gasteiger partial charge on any atom is -0.312 e. The van der Waals surface area contributed by atoms with Crippen LogP contribution in [0.3, 0.4) is 0 Å². The number of rotatable bonds is 6. The van der Waals surface area contributed by atoms with E-state index in [4.69, 9.17) is 16.9 Å². The molecule has 1 fully saturated rings. The van der Waals surface area contributed by atoms with Gasteiger partial charge >= 0.3 is 32.3 Å². The van der Waals surface area contributed by atoms with Crippen LogP contribution >= 0.6 is 15.2 Å². The van der Waals surface area contributed by atoms with Gasteiger partial charge in [0.25, 0.3) is 0 Å². The molecule has 10 heteroatoms. The van der Waals surface area contributed by atoms with Crippen LogP contribution in [0.1, 0.15) is 0 Å². The summed E-state index contributed by atoms with van der Waals surface area (Å²) in [6.07, 6.45) is 0. The summed E-state index contributed by atoms with van der Waals surface area (Å²) in [6, 6.07) is 36.2. The molecule has 4 aromatic carbocycles. The monoisotopic (exact) mass is 576 g/mol. The van der Waals surface area contributed by atoms with Gasteiger partial charge in [0.05, 0.1) is 0 Å². The van der Waals surface area contributed by atoms with Crippen molar-refractivity contribution in [3.63, 3.8) is 0 Å². The van der Waals surface area contributed by atoms with E-state index in [0.29, 0.717) is 20.7 Å². The van der Waals surface area contributed by atoms with Crippen molar-refractivity contribution in [1.29, 1.82) is 0 Å². The molecule has 0 N–H and O–H groups in total. The molecular formula is C28H26O6P2Si2. The molecule has 0 amide bonds. The van der Waals surface area contributed by atoms with Gasteiger partial charge in [0.1, 0.15) is 0 Å². The molecule has 6 nitrogen and oxygen atoms in total. The van der Waals surface area contributed by atoms with Crippen molar-refractivity contribution in [3.8, 4) is 0 Å². The highest BCUT2D eigenvalue weighted by molar-refractivity contribution is 7.65. The second-order valence-corrected chi connectivity index (χ2v) is 19.1. The molecule has 192 valence electrons. The summed E-state index contributed by atoms with van der Waals surface area (Å²) in [7, 11) is -16.3.